The molecular weight excluding hydrogens is 467 g/mol. The average Bonchev–Trinajstić information content (AvgIpc) is 3.44. The van der Waals surface area contributed by atoms with Gasteiger partial charge in [0.25, 0.3) is 5.91 Å². The summed E-state index contributed by atoms with van der Waals surface area (Å²) in [6.07, 6.45) is 0.780. The molecule has 9 nitrogen and oxygen atoms in total. The van der Waals surface area contributed by atoms with Gasteiger partial charge in [-0.25, -0.2) is 4.39 Å². The number of carbonyl (C=O) groups is 1. The van der Waals surface area contributed by atoms with Crippen molar-refractivity contribution < 1.29 is 28.3 Å². The van der Waals surface area contributed by atoms with E-state index in [9.17, 15) is 14.3 Å². The van der Waals surface area contributed by atoms with Crippen molar-refractivity contribution in [2.45, 2.75) is 31.9 Å². The van der Waals surface area contributed by atoms with Crippen LogP contribution in [0.15, 0.2) is 47.0 Å². The standard InChI is InChI=1S/C26H27FN4O5/c1-26(2,33)23-8-9-31(23)25(32)16-6-4-15(5-7-16)21-14-20(30-36-21)24-17-12-18(27)22(35-11-10-34-3)13-19(17)28-29-24/h4-7,12-14,23,33H,8-11H2,1-3H3,(H,28,29)/t23-/m0/s1. The summed E-state index contributed by atoms with van der Waals surface area (Å²) < 4.78 is 30.4. The zero-order chi connectivity index (χ0) is 25.4. The second kappa shape index (κ2) is 9.36. The van der Waals surface area contributed by atoms with Crippen molar-refractivity contribution in [3.8, 4) is 28.5 Å². The summed E-state index contributed by atoms with van der Waals surface area (Å²) >= 11 is 0. The molecule has 0 unspecified atom stereocenters. The summed E-state index contributed by atoms with van der Waals surface area (Å²) in [5.74, 6) is -0.0381. The van der Waals surface area contributed by atoms with E-state index < -0.39 is 11.4 Å². The third-order valence-electron chi connectivity index (χ3n) is 6.43. The first-order valence-corrected chi connectivity index (χ1v) is 11.7. The van der Waals surface area contributed by atoms with Gasteiger partial charge in [-0.05, 0) is 38.5 Å². The second-order valence-electron chi connectivity index (χ2n) is 9.35. The van der Waals surface area contributed by atoms with Crippen LogP contribution in [-0.4, -0.2) is 69.8 Å². The number of rotatable bonds is 8. The number of aromatic amines is 1. The number of carbonyl (C=O) groups excluding carboxylic acids is 1. The number of amides is 1. The molecule has 3 heterocycles. The van der Waals surface area contributed by atoms with Crippen molar-refractivity contribution in [2.24, 2.45) is 0 Å². The van der Waals surface area contributed by atoms with E-state index in [1.165, 1.54) is 6.07 Å². The minimum atomic E-state index is -0.942. The third kappa shape index (κ3) is 4.45. The normalized spacial score (nSPS) is 15.8. The number of H-pyrrole nitrogens is 1. The zero-order valence-electron chi connectivity index (χ0n) is 20.2. The fourth-order valence-corrected chi connectivity index (χ4v) is 4.39. The van der Waals surface area contributed by atoms with E-state index in [4.69, 9.17) is 14.0 Å². The average molecular weight is 495 g/mol. The molecule has 2 aromatic heterocycles. The lowest BCUT2D eigenvalue weighted by molar-refractivity contribution is -0.0550. The smallest absolute Gasteiger partial charge is 0.254 e. The van der Waals surface area contributed by atoms with Gasteiger partial charge in [0.1, 0.15) is 18.0 Å². The maximum Gasteiger partial charge on any atom is 0.254 e. The lowest BCUT2D eigenvalue weighted by atomic mass is 9.87. The van der Waals surface area contributed by atoms with E-state index in [1.54, 1.807) is 62.3 Å². The SMILES string of the molecule is COCCOc1cc2[nH]nc(-c3cc(-c4ccc(C(=O)N5CC[C@H]5C(C)(C)O)cc4)on3)c2cc1F. The number of fused-ring (bicyclic) bond motifs is 1. The van der Waals surface area contributed by atoms with Crippen LogP contribution in [-0.2, 0) is 4.74 Å². The van der Waals surface area contributed by atoms with Crippen LogP contribution in [0, 0.1) is 5.82 Å². The molecule has 0 bridgehead atoms. The lowest BCUT2D eigenvalue weighted by Crippen LogP contribution is -2.60. The summed E-state index contributed by atoms with van der Waals surface area (Å²) in [6.45, 7) is 4.64. The molecule has 5 rings (SSSR count). The van der Waals surface area contributed by atoms with Gasteiger partial charge in [-0.1, -0.05) is 17.3 Å². The Morgan fingerprint density at radius 3 is 2.69 bits per heavy atom. The van der Waals surface area contributed by atoms with E-state index in [1.807, 2.05) is 0 Å². The first-order valence-electron chi connectivity index (χ1n) is 11.7. The largest absolute Gasteiger partial charge is 0.488 e. The summed E-state index contributed by atoms with van der Waals surface area (Å²) in [7, 11) is 1.55. The van der Waals surface area contributed by atoms with Gasteiger partial charge in [-0.3, -0.25) is 9.89 Å². The lowest BCUT2D eigenvalue weighted by Gasteiger charge is -2.47. The van der Waals surface area contributed by atoms with Crippen molar-refractivity contribution >= 4 is 16.8 Å². The molecule has 36 heavy (non-hydrogen) atoms. The van der Waals surface area contributed by atoms with Crippen LogP contribution in [0.25, 0.3) is 33.6 Å². The predicted molar refractivity (Wildman–Crippen MR) is 130 cm³/mol. The highest BCUT2D eigenvalue weighted by atomic mass is 19.1. The van der Waals surface area contributed by atoms with Crippen molar-refractivity contribution in [3.63, 3.8) is 0 Å². The molecule has 1 aliphatic heterocycles. The molecule has 0 aliphatic carbocycles. The molecule has 2 N–H and O–H groups in total. The molecular formula is C26H27FN4O5. The second-order valence-corrected chi connectivity index (χ2v) is 9.35. The molecule has 0 spiro atoms. The van der Waals surface area contributed by atoms with Crippen LogP contribution < -0.4 is 4.74 Å². The van der Waals surface area contributed by atoms with Gasteiger partial charge < -0.3 is 24.0 Å². The minimum absolute atomic E-state index is 0.109. The number of nitrogens with one attached hydrogen (secondary N) is 1. The van der Waals surface area contributed by atoms with Gasteiger partial charge >= 0.3 is 0 Å². The fraction of sp³-hybridized carbons (Fsp3) is 0.346. The summed E-state index contributed by atoms with van der Waals surface area (Å²) in [6, 6.07) is 11.4. The fourth-order valence-electron chi connectivity index (χ4n) is 4.39. The Balaban J connectivity index is 1.34. The van der Waals surface area contributed by atoms with Crippen LogP contribution in [0.4, 0.5) is 4.39 Å². The van der Waals surface area contributed by atoms with Crippen molar-refractivity contribution in [2.75, 3.05) is 26.9 Å². The van der Waals surface area contributed by atoms with Gasteiger partial charge in [0.05, 0.1) is 23.8 Å². The number of benzene rings is 2. The maximum absolute atomic E-state index is 14.6. The minimum Gasteiger partial charge on any atom is -0.488 e. The number of hydrogen-bond acceptors (Lipinski definition) is 7. The van der Waals surface area contributed by atoms with Crippen molar-refractivity contribution in [1.29, 1.82) is 0 Å². The quantitative estimate of drug-likeness (QED) is 0.356. The molecule has 1 atom stereocenters. The third-order valence-corrected chi connectivity index (χ3v) is 6.43. The molecule has 1 fully saturated rings. The zero-order valence-corrected chi connectivity index (χ0v) is 20.2. The highest BCUT2D eigenvalue weighted by Gasteiger charge is 2.41. The molecule has 1 amide bonds. The molecule has 1 aliphatic rings. The van der Waals surface area contributed by atoms with Gasteiger partial charge in [-0.2, -0.15) is 5.10 Å². The van der Waals surface area contributed by atoms with Gasteiger partial charge in [0.2, 0.25) is 0 Å². The Kier molecular flexibility index (Phi) is 6.23. The molecule has 2 aromatic carbocycles. The molecule has 10 heteroatoms. The summed E-state index contributed by atoms with van der Waals surface area (Å²) in [5, 5.41) is 22.1. The first kappa shape index (κ1) is 24.0. The molecule has 1 saturated heterocycles. The van der Waals surface area contributed by atoms with Crippen LogP contribution >= 0.6 is 0 Å². The number of aliphatic hydroxyl groups is 1. The van der Waals surface area contributed by atoms with Crippen molar-refractivity contribution in [3.05, 3.63) is 53.8 Å². The number of ether oxygens (including phenoxy) is 2. The van der Waals surface area contributed by atoms with Crippen LogP contribution in [0.1, 0.15) is 30.6 Å². The van der Waals surface area contributed by atoms with E-state index >= 15 is 0 Å². The number of halogens is 1. The van der Waals surface area contributed by atoms with E-state index in [2.05, 4.69) is 15.4 Å². The van der Waals surface area contributed by atoms with Gasteiger partial charge in [0.15, 0.2) is 17.3 Å². The maximum atomic E-state index is 14.6. The van der Waals surface area contributed by atoms with E-state index in [0.29, 0.717) is 46.8 Å². The van der Waals surface area contributed by atoms with E-state index in [0.717, 1.165) is 12.0 Å². The number of hydrogen-bond donors (Lipinski definition) is 2. The number of methoxy groups -OCH3 is 1. The highest BCUT2D eigenvalue weighted by Crippen LogP contribution is 2.33. The molecule has 0 radical (unpaired) electrons. The van der Waals surface area contributed by atoms with Crippen molar-refractivity contribution in [1.82, 2.24) is 20.3 Å². The Hall–Kier alpha value is -3.76. The number of likely N-dealkylation sites (tertiary alicyclic amines) is 1. The molecule has 0 saturated carbocycles. The van der Waals surface area contributed by atoms with Gasteiger partial charge in [-0.15, -0.1) is 0 Å². The van der Waals surface area contributed by atoms with Crippen LogP contribution in [0.3, 0.4) is 0 Å². The molecule has 188 valence electrons. The Bertz CT molecular complexity index is 1390. The number of aromatic nitrogens is 3. The Morgan fingerprint density at radius 2 is 2.03 bits per heavy atom. The summed E-state index contributed by atoms with van der Waals surface area (Å²) in [5.41, 5.74) is 1.81. The predicted octanol–water partition coefficient (Wildman–Crippen LogP) is 4.03. The number of nitrogens with zero attached hydrogens (tertiary/aromatic N) is 3. The van der Waals surface area contributed by atoms with Crippen LogP contribution in [0.2, 0.25) is 0 Å². The highest BCUT2D eigenvalue weighted by molar-refractivity contribution is 5.96. The Morgan fingerprint density at radius 1 is 1.25 bits per heavy atom. The summed E-state index contributed by atoms with van der Waals surface area (Å²) in [4.78, 5) is 14.6. The Labute approximate surface area is 206 Å². The molecule has 4 aromatic rings. The topological polar surface area (TPSA) is 114 Å². The monoisotopic (exact) mass is 494 g/mol. The van der Waals surface area contributed by atoms with E-state index in [-0.39, 0.29) is 24.3 Å². The van der Waals surface area contributed by atoms with Crippen LogP contribution in [0.5, 0.6) is 5.75 Å². The first-order chi connectivity index (χ1) is 17.3. The van der Waals surface area contributed by atoms with Gasteiger partial charge in [0, 0.05) is 42.3 Å².